The maximum absolute atomic E-state index is 11.2. The minimum Gasteiger partial charge on any atom is -0.420 e. The monoisotopic (exact) mass is 176 g/mol. The number of benzene rings is 1. The van der Waals surface area contributed by atoms with E-state index >= 15 is 0 Å². The van der Waals surface area contributed by atoms with Crippen LogP contribution in [0.15, 0.2) is 24.3 Å². The molecule has 0 bridgehead atoms. The molecule has 0 spiro atoms. The number of carbonyl (C=O) groups is 3. The molecule has 64 valence electrons. The fourth-order valence-electron chi connectivity index (χ4n) is 1.10. The lowest BCUT2D eigenvalue weighted by molar-refractivity contribution is -0.145. The van der Waals surface area contributed by atoms with Crippen LogP contribution >= 0.6 is 0 Å². The molecule has 4 nitrogen and oxygen atoms in total. The number of hydrogen-bond acceptors (Lipinski definition) is 4. The SMILES string of the molecule is O=C1Oc2ccccc2C(=O)C1=O. The molecule has 1 aliphatic heterocycles. The van der Waals surface area contributed by atoms with Gasteiger partial charge in [-0.1, -0.05) is 12.1 Å². The van der Waals surface area contributed by atoms with Crippen LogP contribution in [0.3, 0.4) is 0 Å². The summed E-state index contributed by atoms with van der Waals surface area (Å²) in [5.74, 6) is -2.87. The summed E-state index contributed by atoms with van der Waals surface area (Å²) < 4.78 is 4.61. The van der Waals surface area contributed by atoms with Gasteiger partial charge in [-0.05, 0) is 12.1 Å². The van der Waals surface area contributed by atoms with Crippen LogP contribution in [-0.4, -0.2) is 17.5 Å². The number of ketones is 2. The van der Waals surface area contributed by atoms with Crippen molar-refractivity contribution in [2.45, 2.75) is 0 Å². The van der Waals surface area contributed by atoms with E-state index < -0.39 is 17.5 Å². The molecule has 1 aliphatic rings. The number of rotatable bonds is 0. The summed E-state index contributed by atoms with van der Waals surface area (Å²) in [5, 5.41) is 0. The summed E-state index contributed by atoms with van der Waals surface area (Å²) in [6, 6.07) is 6.14. The fourth-order valence-corrected chi connectivity index (χ4v) is 1.10. The highest BCUT2D eigenvalue weighted by molar-refractivity contribution is 6.67. The van der Waals surface area contributed by atoms with Crippen molar-refractivity contribution >= 4 is 17.5 Å². The van der Waals surface area contributed by atoms with Crippen LogP contribution in [-0.2, 0) is 9.59 Å². The van der Waals surface area contributed by atoms with Crippen molar-refractivity contribution in [1.29, 1.82) is 0 Å². The Balaban J connectivity index is 2.62. The van der Waals surface area contributed by atoms with E-state index in [-0.39, 0.29) is 11.3 Å². The van der Waals surface area contributed by atoms with Crippen LogP contribution in [0.25, 0.3) is 0 Å². The van der Waals surface area contributed by atoms with Crippen LogP contribution < -0.4 is 4.74 Å². The number of ether oxygens (including phenoxy) is 1. The molecule has 0 radical (unpaired) electrons. The first kappa shape index (κ1) is 7.67. The van der Waals surface area contributed by atoms with Crippen molar-refractivity contribution in [2.24, 2.45) is 0 Å². The second kappa shape index (κ2) is 2.52. The van der Waals surface area contributed by atoms with Gasteiger partial charge in [-0.2, -0.15) is 0 Å². The Hall–Kier alpha value is -1.97. The Morgan fingerprint density at radius 3 is 2.38 bits per heavy atom. The van der Waals surface area contributed by atoms with Crippen molar-refractivity contribution in [1.82, 2.24) is 0 Å². The zero-order valence-corrected chi connectivity index (χ0v) is 6.44. The van der Waals surface area contributed by atoms with Crippen molar-refractivity contribution in [3.05, 3.63) is 29.8 Å². The smallest absolute Gasteiger partial charge is 0.388 e. The molecule has 0 atom stereocenters. The number of carbonyl (C=O) groups excluding carboxylic acids is 3. The lowest BCUT2D eigenvalue weighted by atomic mass is 10.0. The van der Waals surface area contributed by atoms with Gasteiger partial charge in [-0.3, -0.25) is 9.59 Å². The maximum atomic E-state index is 11.2. The molecule has 0 amide bonds. The van der Waals surface area contributed by atoms with Crippen molar-refractivity contribution in [2.75, 3.05) is 0 Å². The summed E-state index contributed by atoms with van der Waals surface area (Å²) in [7, 11) is 0. The van der Waals surface area contributed by atoms with Gasteiger partial charge in [0.2, 0.25) is 5.78 Å². The number of fused-ring (bicyclic) bond motifs is 1. The molecule has 0 N–H and O–H groups in total. The number of esters is 1. The molecule has 0 aliphatic carbocycles. The van der Waals surface area contributed by atoms with Gasteiger partial charge < -0.3 is 4.74 Å². The summed E-state index contributed by atoms with van der Waals surface area (Å²) in [4.78, 5) is 32.8. The Kier molecular flexibility index (Phi) is 1.48. The predicted octanol–water partition coefficient (Wildman–Crippen LogP) is 0.357. The molecule has 13 heavy (non-hydrogen) atoms. The standard InChI is InChI=1S/C9H4O4/c10-7-5-3-1-2-4-6(5)13-9(12)8(7)11/h1-4H. The average molecular weight is 176 g/mol. The first-order chi connectivity index (χ1) is 6.20. The number of hydrogen-bond donors (Lipinski definition) is 0. The maximum Gasteiger partial charge on any atom is 0.388 e. The Labute approximate surface area is 73.1 Å². The molecular formula is C9H4O4. The van der Waals surface area contributed by atoms with E-state index in [1.807, 2.05) is 0 Å². The van der Waals surface area contributed by atoms with Gasteiger partial charge in [0.15, 0.2) is 0 Å². The third-order valence-corrected chi connectivity index (χ3v) is 1.73. The molecule has 0 unspecified atom stereocenters. The third-order valence-electron chi connectivity index (χ3n) is 1.73. The van der Waals surface area contributed by atoms with E-state index in [0.29, 0.717) is 0 Å². The van der Waals surface area contributed by atoms with Crippen LogP contribution in [0.4, 0.5) is 0 Å². The van der Waals surface area contributed by atoms with Crippen LogP contribution in [0.2, 0.25) is 0 Å². The van der Waals surface area contributed by atoms with E-state index in [1.165, 1.54) is 12.1 Å². The highest BCUT2D eigenvalue weighted by Crippen LogP contribution is 2.22. The lowest BCUT2D eigenvalue weighted by Crippen LogP contribution is -2.33. The molecule has 1 aromatic rings. The minimum atomic E-state index is -1.11. The quantitative estimate of drug-likeness (QED) is 0.325. The molecule has 1 aromatic carbocycles. The molecule has 0 saturated heterocycles. The van der Waals surface area contributed by atoms with Crippen molar-refractivity contribution < 1.29 is 19.1 Å². The second-order valence-corrected chi connectivity index (χ2v) is 2.54. The van der Waals surface area contributed by atoms with Crippen LogP contribution in [0.1, 0.15) is 10.4 Å². The highest BCUT2D eigenvalue weighted by atomic mass is 16.5. The first-order valence-electron chi connectivity index (χ1n) is 3.60. The molecule has 2 rings (SSSR count). The molecule has 0 fully saturated rings. The Morgan fingerprint density at radius 1 is 0.923 bits per heavy atom. The van der Waals surface area contributed by atoms with E-state index in [4.69, 9.17) is 0 Å². The minimum absolute atomic E-state index is 0.145. The number of Topliss-reactive ketones (excluding diaryl/α,β-unsaturated/α-hetero) is 2. The normalized spacial score (nSPS) is 15.2. The summed E-state index contributed by atoms with van der Waals surface area (Å²) in [6.07, 6.45) is 0. The van der Waals surface area contributed by atoms with Crippen LogP contribution in [0, 0.1) is 0 Å². The molecular weight excluding hydrogens is 172 g/mol. The zero-order valence-electron chi connectivity index (χ0n) is 6.44. The van der Waals surface area contributed by atoms with Gasteiger partial charge in [0.25, 0.3) is 0 Å². The highest BCUT2D eigenvalue weighted by Gasteiger charge is 2.33. The third kappa shape index (κ3) is 1.03. The summed E-state index contributed by atoms with van der Waals surface area (Å²) in [6.45, 7) is 0. The van der Waals surface area contributed by atoms with Gasteiger partial charge in [0.1, 0.15) is 5.75 Å². The van der Waals surface area contributed by atoms with Gasteiger partial charge in [0, 0.05) is 0 Å². The topological polar surface area (TPSA) is 60.4 Å². The lowest BCUT2D eigenvalue weighted by Gasteiger charge is -2.11. The molecule has 0 aromatic heterocycles. The first-order valence-corrected chi connectivity index (χ1v) is 3.60. The van der Waals surface area contributed by atoms with Gasteiger partial charge >= 0.3 is 11.8 Å². The van der Waals surface area contributed by atoms with Gasteiger partial charge in [-0.25, -0.2) is 4.79 Å². The average Bonchev–Trinajstić information content (AvgIpc) is 2.15. The summed E-state index contributed by atoms with van der Waals surface area (Å²) >= 11 is 0. The van der Waals surface area contributed by atoms with Crippen molar-refractivity contribution in [3.8, 4) is 5.75 Å². The zero-order chi connectivity index (χ0) is 9.42. The van der Waals surface area contributed by atoms with E-state index in [2.05, 4.69) is 4.74 Å². The summed E-state index contributed by atoms with van der Waals surface area (Å²) in [5.41, 5.74) is 0.145. The largest absolute Gasteiger partial charge is 0.420 e. The number of para-hydroxylation sites is 1. The molecule has 0 saturated carbocycles. The van der Waals surface area contributed by atoms with Gasteiger partial charge in [0.05, 0.1) is 5.56 Å². The Bertz CT molecular complexity index is 419. The Morgan fingerprint density at radius 2 is 1.62 bits per heavy atom. The van der Waals surface area contributed by atoms with E-state index in [9.17, 15) is 14.4 Å². The van der Waals surface area contributed by atoms with Crippen molar-refractivity contribution in [3.63, 3.8) is 0 Å². The van der Waals surface area contributed by atoms with E-state index in [0.717, 1.165) is 0 Å². The van der Waals surface area contributed by atoms with E-state index in [1.54, 1.807) is 12.1 Å². The molecule has 4 heteroatoms. The van der Waals surface area contributed by atoms with Crippen LogP contribution in [0.5, 0.6) is 5.75 Å². The predicted molar refractivity (Wildman–Crippen MR) is 41.4 cm³/mol. The second-order valence-electron chi connectivity index (χ2n) is 2.54. The van der Waals surface area contributed by atoms with Gasteiger partial charge in [-0.15, -0.1) is 0 Å². The fraction of sp³-hybridized carbons (Fsp3) is 0. The molecule has 1 heterocycles.